The molecule has 9 N–H and O–H groups in total. The first-order chi connectivity index (χ1) is 21.7. The molecule has 252 valence electrons. The molecule has 46 heavy (non-hydrogen) atoms. The smallest absolute Gasteiger partial charge is 0.455 e. The van der Waals surface area contributed by atoms with Crippen LogP contribution in [0.1, 0.15) is 18.9 Å². The predicted molar refractivity (Wildman–Crippen MR) is 147 cm³/mol. The fourth-order valence-corrected chi connectivity index (χ4v) is 6.09. The molecule has 0 aromatic carbocycles. The van der Waals surface area contributed by atoms with Crippen molar-refractivity contribution in [2.24, 2.45) is 0 Å². The van der Waals surface area contributed by atoms with Gasteiger partial charge in [0.25, 0.3) is 0 Å². The minimum Gasteiger partial charge on any atom is -0.455 e. The van der Waals surface area contributed by atoms with E-state index in [0.717, 1.165) is 10.9 Å². The van der Waals surface area contributed by atoms with Crippen molar-refractivity contribution in [1.29, 1.82) is 0 Å². The van der Waals surface area contributed by atoms with Crippen molar-refractivity contribution >= 4 is 44.4 Å². The standard InChI is InChI=1S/C21H28N8O15P2/c22-12-1-2-28(21(33)27-12)13-3-9(10(41-13)5-39-45(34,35)36)44-46(37,38)40-6-11-17(43-14(31)4-30)16(32)20(42-11)29-8-26-15-18(23)24-7-25-19(15)29/h1-2,7-11,13,16-17,20,30,32H,3-6H2,(H,37,38)(H2,22,27,33)(H2,23,24,25)(H2,34,35,36)/t9-,10+,11+,13+,16+,17+,20+/m0/s1. The molecular weight excluding hydrogens is 666 g/mol. The second-order valence-electron chi connectivity index (χ2n) is 9.85. The van der Waals surface area contributed by atoms with Gasteiger partial charge in [-0.2, -0.15) is 4.98 Å². The summed E-state index contributed by atoms with van der Waals surface area (Å²) in [6, 6.07) is 1.28. The third-order valence-corrected chi connectivity index (χ3v) is 8.29. The van der Waals surface area contributed by atoms with E-state index in [1.54, 1.807) is 0 Å². The van der Waals surface area contributed by atoms with E-state index in [2.05, 4.69) is 24.5 Å². The van der Waals surface area contributed by atoms with Crippen LogP contribution in [0.5, 0.6) is 0 Å². The van der Waals surface area contributed by atoms with Crippen LogP contribution in [0.3, 0.4) is 0 Å². The van der Waals surface area contributed by atoms with E-state index in [9.17, 15) is 33.8 Å². The molecule has 0 spiro atoms. The van der Waals surface area contributed by atoms with Crippen LogP contribution in [0.2, 0.25) is 0 Å². The lowest BCUT2D eigenvalue weighted by atomic mass is 10.1. The lowest BCUT2D eigenvalue weighted by Gasteiger charge is -2.23. The number of nitrogens with zero attached hydrogens (tertiary/aromatic N) is 6. The summed E-state index contributed by atoms with van der Waals surface area (Å²) >= 11 is 0. The van der Waals surface area contributed by atoms with Crippen molar-refractivity contribution in [3.05, 3.63) is 35.4 Å². The lowest BCUT2D eigenvalue weighted by Crippen LogP contribution is -2.39. The number of esters is 1. The SMILES string of the molecule is Nc1ccn([C@H]2C[C@H](OP(=O)(O)OC[C@H]3O[C@@H](n4cnc5c(N)ncnc54)[C@H](O)[C@@H]3OC(=O)CO)[C@@H](COP(=O)(O)O)O2)c(=O)n1. The highest BCUT2D eigenvalue weighted by molar-refractivity contribution is 7.47. The van der Waals surface area contributed by atoms with Gasteiger partial charge in [-0.25, -0.2) is 33.7 Å². The van der Waals surface area contributed by atoms with E-state index in [0.29, 0.717) is 0 Å². The first-order valence-electron chi connectivity index (χ1n) is 13.1. The van der Waals surface area contributed by atoms with E-state index in [-0.39, 0.29) is 29.2 Å². The molecule has 25 heteroatoms. The Hall–Kier alpha value is -3.44. The number of aliphatic hydroxyl groups is 2. The average Bonchev–Trinajstić information content (AvgIpc) is 3.66. The summed E-state index contributed by atoms with van der Waals surface area (Å²) in [6.07, 6.45) is -6.72. The number of aliphatic hydroxyl groups excluding tert-OH is 2. The Bertz CT molecular complexity index is 1730. The highest BCUT2D eigenvalue weighted by atomic mass is 31.2. The molecule has 23 nitrogen and oxygen atoms in total. The third kappa shape index (κ3) is 7.57. The number of hydrogen-bond acceptors (Lipinski definition) is 18. The Labute approximate surface area is 256 Å². The molecule has 0 radical (unpaired) electrons. The van der Waals surface area contributed by atoms with E-state index < -0.39 is 90.1 Å². The van der Waals surface area contributed by atoms with E-state index in [1.165, 1.54) is 23.2 Å². The maximum absolute atomic E-state index is 13.1. The highest BCUT2D eigenvalue weighted by Gasteiger charge is 2.49. The summed E-state index contributed by atoms with van der Waals surface area (Å²) in [7, 11) is -10.1. The first-order valence-corrected chi connectivity index (χ1v) is 16.1. The normalized spacial score (nSPS) is 28.0. The Kier molecular flexibility index (Phi) is 9.84. The van der Waals surface area contributed by atoms with Crippen molar-refractivity contribution in [1.82, 2.24) is 29.1 Å². The van der Waals surface area contributed by atoms with Gasteiger partial charge in [-0.15, -0.1) is 0 Å². The summed E-state index contributed by atoms with van der Waals surface area (Å²) in [5.41, 5.74) is 10.8. The molecule has 0 aliphatic carbocycles. The number of imidazole rings is 1. The van der Waals surface area contributed by atoms with Gasteiger partial charge in [-0.3, -0.25) is 22.7 Å². The largest absolute Gasteiger partial charge is 0.472 e. The van der Waals surface area contributed by atoms with E-state index in [4.69, 9.17) is 44.5 Å². The van der Waals surface area contributed by atoms with Gasteiger partial charge in [-0.1, -0.05) is 0 Å². The van der Waals surface area contributed by atoms with Crippen molar-refractivity contribution in [2.75, 3.05) is 31.3 Å². The molecule has 2 aliphatic rings. The van der Waals surface area contributed by atoms with Crippen molar-refractivity contribution < 1.29 is 66.6 Å². The van der Waals surface area contributed by atoms with Gasteiger partial charge in [0.15, 0.2) is 23.8 Å². The maximum Gasteiger partial charge on any atom is 0.472 e. The summed E-state index contributed by atoms with van der Waals surface area (Å²) in [6.45, 7) is -2.72. The van der Waals surface area contributed by atoms with Crippen LogP contribution in [-0.4, -0.2) is 110 Å². The maximum atomic E-state index is 13.1. The number of aromatic nitrogens is 6. The number of phosphoric acid groups is 2. The van der Waals surface area contributed by atoms with Gasteiger partial charge in [-0.05, 0) is 6.07 Å². The second kappa shape index (κ2) is 13.4. The van der Waals surface area contributed by atoms with Gasteiger partial charge < -0.3 is 50.6 Å². The van der Waals surface area contributed by atoms with Crippen LogP contribution in [-0.2, 0) is 41.7 Å². The zero-order chi connectivity index (χ0) is 33.4. The molecule has 0 saturated carbocycles. The Morgan fingerprint density at radius 3 is 2.50 bits per heavy atom. The number of fused-ring (bicyclic) bond motifs is 1. The van der Waals surface area contributed by atoms with Crippen LogP contribution in [0.4, 0.5) is 11.6 Å². The number of nitrogen functional groups attached to an aromatic ring is 2. The first kappa shape index (κ1) is 33.9. The molecule has 2 aliphatic heterocycles. The Morgan fingerprint density at radius 1 is 1.07 bits per heavy atom. The molecule has 3 aromatic heterocycles. The zero-order valence-electron chi connectivity index (χ0n) is 23.2. The molecule has 5 heterocycles. The van der Waals surface area contributed by atoms with Crippen molar-refractivity contribution in [2.45, 2.75) is 49.4 Å². The van der Waals surface area contributed by atoms with Crippen LogP contribution < -0.4 is 17.2 Å². The molecule has 2 fully saturated rings. The molecule has 1 unspecified atom stereocenters. The second-order valence-corrected chi connectivity index (χ2v) is 12.5. The Morgan fingerprint density at radius 2 is 1.80 bits per heavy atom. The number of phosphoric ester groups is 2. The number of carbonyl (C=O) groups excluding carboxylic acids is 1. The van der Waals surface area contributed by atoms with E-state index in [1.807, 2.05) is 0 Å². The zero-order valence-corrected chi connectivity index (χ0v) is 25.0. The molecule has 0 amide bonds. The minimum atomic E-state index is -5.11. The third-order valence-electron chi connectivity index (χ3n) is 6.79. The summed E-state index contributed by atoms with van der Waals surface area (Å²) in [5, 5.41) is 20.2. The molecule has 0 bridgehead atoms. The number of rotatable bonds is 12. The molecule has 8 atom stereocenters. The average molecular weight is 694 g/mol. The molecular formula is C21H28N8O15P2. The fraction of sp³-hybridized carbons (Fsp3) is 0.524. The molecule has 3 aromatic rings. The van der Waals surface area contributed by atoms with Gasteiger partial charge >= 0.3 is 27.3 Å². The van der Waals surface area contributed by atoms with Crippen LogP contribution >= 0.6 is 15.6 Å². The summed E-state index contributed by atoms with van der Waals surface area (Å²) in [5.74, 6) is -1.22. The Balaban J connectivity index is 1.32. The lowest BCUT2D eigenvalue weighted by molar-refractivity contribution is -0.159. The number of hydrogen-bond donors (Lipinski definition) is 7. The van der Waals surface area contributed by atoms with Crippen molar-refractivity contribution in [3.8, 4) is 0 Å². The summed E-state index contributed by atoms with van der Waals surface area (Å²) in [4.78, 5) is 68.6. The van der Waals surface area contributed by atoms with Crippen LogP contribution in [0.25, 0.3) is 11.2 Å². The topological polar surface area (TPSA) is 338 Å². The molecule has 5 rings (SSSR count). The number of ether oxygens (including phenoxy) is 3. The van der Waals surface area contributed by atoms with Crippen LogP contribution in [0, 0.1) is 0 Å². The van der Waals surface area contributed by atoms with Gasteiger partial charge in [0.1, 0.15) is 54.9 Å². The monoisotopic (exact) mass is 694 g/mol. The summed E-state index contributed by atoms with van der Waals surface area (Å²) < 4.78 is 57.9. The highest BCUT2D eigenvalue weighted by Crippen LogP contribution is 2.50. The van der Waals surface area contributed by atoms with Gasteiger partial charge in [0.2, 0.25) is 0 Å². The van der Waals surface area contributed by atoms with Gasteiger partial charge in [0, 0.05) is 12.6 Å². The number of carbonyl (C=O) groups is 1. The van der Waals surface area contributed by atoms with Gasteiger partial charge in [0.05, 0.1) is 19.5 Å². The molecule has 2 saturated heterocycles. The number of anilines is 2. The quantitative estimate of drug-likeness (QED) is 0.0749. The van der Waals surface area contributed by atoms with E-state index >= 15 is 0 Å². The fourth-order valence-electron chi connectivity index (χ4n) is 4.79. The van der Waals surface area contributed by atoms with Crippen LogP contribution in [0.15, 0.2) is 29.7 Å². The van der Waals surface area contributed by atoms with Crippen molar-refractivity contribution in [3.63, 3.8) is 0 Å². The predicted octanol–water partition coefficient (Wildman–Crippen LogP) is -2.69. The number of nitrogens with two attached hydrogens (primary N) is 2. The minimum absolute atomic E-state index is 0.0258.